The number of nitrogens with zero attached hydrogens (tertiary/aromatic N) is 5. The number of aryl methyl sites for hydroxylation is 1. The standard InChI is InChI=1S/C19H21N7O2S2/c1-11-5-3-4-6-13(11)20-15(27)9-14-22-25-19(26(14)2)29-10-16(28)21-18-24-23-17(30-18)12-7-8-12/h3-6,12H,7-10H2,1-2H3,(H,20,27)(H,21,24,28). The van der Waals surface area contributed by atoms with Crippen molar-refractivity contribution >= 4 is 45.7 Å². The van der Waals surface area contributed by atoms with E-state index in [1.165, 1.54) is 23.1 Å². The number of carbonyl (C=O) groups is 2. The summed E-state index contributed by atoms with van der Waals surface area (Å²) >= 11 is 2.68. The molecular weight excluding hydrogens is 422 g/mol. The number of amides is 2. The third-order valence-corrected chi connectivity index (χ3v) is 6.63. The molecule has 1 aliphatic rings. The Balaban J connectivity index is 1.28. The van der Waals surface area contributed by atoms with Crippen molar-refractivity contribution in [2.75, 3.05) is 16.4 Å². The van der Waals surface area contributed by atoms with Crippen LogP contribution >= 0.6 is 23.1 Å². The minimum absolute atomic E-state index is 0.0965. The van der Waals surface area contributed by atoms with Gasteiger partial charge in [-0.2, -0.15) is 0 Å². The first-order chi connectivity index (χ1) is 14.5. The predicted octanol–water partition coefficient (Wildman–Crippen LogP) is 2.76. The molecule has 9 nitrogen and oxygen atoms in total. The molecule has 0 aliphatic heterocycles. The number of nitrogens with one attached hydrogen (secondary N) is 2. The first-order valence-corrected chi connectivity index (χ1v) is 11.3. The average molecular weight is 444 g/mol. The summed E-state index contributed by atoms with van der Waals surface area (Å²) < 4.78 is 1.73. The molecule has 1 aromatic carbocycles. The van der Waals surface area contributed by atoms with Gasteiger partial charge in [-0.25, -0.2) is 0 Å². The van der Waals surface area contributed by atoms with Gasteiger partial charge in [0, 0.05) is 18.7 Å². The van der Waals surface area contributed by atoms with E-state index < -0.39 is 0 Å². The van der Waals surface area contributed by atoms with E-state index in [1.807, 2.05) is 31.2 Å². The molecule has 2 N–H and O–H groups in total. The van der Waals surface area contributed by atoms with Crippen LogP contribution in [0.4, 0.5) is 10.8 Å². The van der Waals surface area contributed by atoms with Gasteiger partial charge in [0.15, 0.2) is 5.16 Å². The van der Waals surface area contributed by atoms with Gasteiger partial charge < -0.3 is 9.88 Å². The van der Waals surface area contributed by atoms with Crippen molar-refractivity contribution in [3.05, 3.63) is 40.7 Å². The maximum atomic E-state index is 12.3. The molecule has 0 spiro atoms. The topological polar surface area (TPSA) is 115 Å². The second-order valence-corrected chi connectivity index (χ2v) is 9.01. The van der Waals surface area contributed by atoms with Crippen molar-refractivity contribution in [2.24, 2.45) is 7.05 Å². The number of carbonyl (C=O) groups excluding carboxylic acids is 2. The van der Waals surface area contributed by atoms with Crippen molar-refractivity contribution in [1.29, 1.82) is 0 Å². The van der Waals surface area contributed by atoms with Crippen LogP contribution in [-0.2, 0) is 23.1 Å². The Morgan fingerprint density at radius 1 is 1.13 bits per heavy atom. The molecule has 30 heavy (non-hydrogen) atoms. The molecule has 0 atom stereocenters. The predicted molar refractivity (Wildman–Crippen MR) is 116 cm³/mol. The van der Waals surface area contributed by atoms with Crippen LogP contribution in [0.15, 0.2) is 29.4 Å². The monoisotopic (exact) mass is 443 g/mol. The van der Waals surface area contributed by atoms with E-state index in [4.69, 9.17) is 0 Å². The van der Waals surface area contributed by atoms with E-state index in [0.717, 1.165) is 29.1 Å². The quantitative estimate of drug-likeness (QED) is 0.515. The molecule has 1 saturated carbocycles. The van der Waals surface area contributed by atoms with Crippen LogP contribution in [0.5, 0.6) is 0 Å². The van der Waals surface area contributed by atoms with Gasteiger partial charge in [0.25, 0.3) is 0 Å². The van der Waals surface area contributed by atoms with Gasteiger partial charge >= 0.3 is 0 Å². The van der Waals surface area contributed by atoms with Crippen molar-refractivity contribution < 1.29 is 9.59 Å². The molecule has 0 bridgehead atoms. The lowest BCUT2D eigenvalue weighted by Gasteiger charge is -2.08. The van der Waals surface area contributed by atoms with E-state index >= 15 is 0 Å². The number of hydrogen-bond donors (Lipinski definition) is 2. The Hall–Kier alpha value is -2.79. The van der Waals surface area contributed by atoms with Crippen molar-refractivity contribution in [3.63, 3.8) is 0 Å². The van der Waals surface area contributed by atoms with Crippen LogP contribution in [0.3, 0.4) is 0 Å². The summed E-state index contributed by atoms with van der Waals surface area (Å²) in [6, 6.07) is 7.59. The molecule has 4 rings (SSSR count). The Labute approximate surface area is 181 Å². The Kier molecular flexibility index (Phi) is 6.09. The summed E-state index contributed by atoms with van der Waals surface area (Å²) in [6.45, 7) is 1.94. The van der Waals surface area contributed by atoms with Crippen molar-refractivity contribution in [2.45, 2.75) is 37.3 Å². The first kappa shape index (κ1) is 20.5. The van der Waals surface area contributed by atoms with E-state index in [9.17, 15) is 9.59 Å². The lowest BCUT2D eigenvalue weighted by atomic mass is 10.2. The molecular formula is C19H21N7O2S2. The maximum absolute atomic E-state index is 12.3. The molecule has 0 radical (unpaired) electrons. The highest BCUT2D eigenvalue weighted by molar-refractivity contribution is 7.99. The van der Waals surface area contributed by atoms with E-state index in [-0.39, 0.29) is 24.0 Å². The SMILES string of the molecule is Cc1ccccc1NC(=O)Cc1nnc(SCC(=O)Nc2nnc(C3CC3)s2)n1C. The summed E-state index contributed by atoms with van der Waals surface area (Å²) in [5, 5.41) is 24.1. The summed E-state index contributed by atoms with van der Waals surface area (Å²) in [5.41, 5.74) is 1.77. The van der Waals surface area contributed by atoms with Gasteiger partial charge in [-0.15, -0.1) is 20.4 Å². The minimum atomic E-state index is -0.180. The third-order valence-electron chi connectivity index (χ3n) is 4.61. The van der Waals surface area contributed by atoms with Crippen LogP contribution in [0, 0.1) is 6.92 Å². The second kappa shape index (κ2) is 8.92. The highest BCUT2D eigenvalue weighted by Crippen LogP contribution is 2.42. The van der Waals surface area contributed by atoms with Gasteiger partial charge in [0.1, 0.15) is 10.8 Å². The zero-order valence-electron chi connectivity index (χ0n) is 16.6. The van der Waals surface area contributed by atoms with Crippen LogP contribution in [0.1, 0.15) is 35.2 Å². The number of para-hydroxylation sites is 1. The van der Waals surface area contributed by atoms with Crippen molar-refractivity contribution in [1.82, 2.24) is 25.0 Å². The smallest absolute Gasteiger partial charge is 0.236 e. The van der Waals surface area contributed by atoms with Gasteiger partial charge in [0.2, 0.25) is 16.9 Å². The number of anilines is 2. The molecule has 3 aromatic rings. The highest BCUT2D eigenvalue weighted by Gasteiger charge is 2.27. The molecule has 0 unspecified atom stereocenters. The molecule has 11 heteroatoms. The van der Waals surface area contributed by atoms with E-state index in [0.29, 0.717) is 22.0 Å². The maximum Gasteiger partial charge on any atom is 0.236 e. The lowest BCUT2D eigenvalue weighted by molar-refractivity contribution is -0.116. The summed E-state index contributed by atoms with van der Waals surface area (Å²) in [7, 11) is 1.78. The van der Waals surface area contributed by atoms with Crippen LogP contribution < -0.4 is 10.6 Å². The number of aromatic nitrogens is 5. The molecule has 0 saturated heterocycles. The largest absolute Gasteiger partial charge is 0.325 e. The molecule has 2 amide bonds. The fourth-order valence-corrected chi connectivity index (χ4v) is 4.40. The summed E-state index contributed by atoms with van der Waals surface area (Å²) in [4.78, 5) is 24.5. The number of rotatable bonds is 8. The zero-order chi connectivity index (χ0) is 21.1. The molecule has 1 aliphatic carbocycles. The summed E-state index contributed by atoms with van der Waals surface area (Å²) in [6.07, 6.45) is 2.39. The number of thioether (sulfide) groups is 1. The fourth-order valence-electron chi connectivity index (χ4n) is 2.74. The number of hydrogen-bond acceptors (Lipinski definition) is 8. The Morgan fingerprint density at radius 3 is 2.70 bits per heavy atom. The highest BCUT2D eigenvalue weighted by atomic mass is 32.2. The summed E-state index contributed by atoms with van der Waals surface area (Å²) in [5.74, 6) is 0.863. The average Bonchev–Trinajstić information content (AvgIpc) is 3.38. The molecule has 156 valence electrons. The van der Waals surface area contributed by atoms with Gasteiger partial charge in [-0.1, -0.05) is 41.3 Å². The third kappa shape index (κ3) is 5.03. The Bertz CT molecular complexity index is 1070. The van der Waals surface area contributed by atoms with Gasteiger partial charge in [-0.05, 0) is 31.4 Å². The van der Waals surface area contributed by atoms with E-state index in [2.05, 4.69) is 31.0 Å². The molecule has 2 aromatic heterocycles. The Morgan fingerprint density at radius 2 is 1.93 bits per heavy atom. The van der Waals surface area contributed by atoms with Gasteiger partial charge in [0.05, 0.1) is 12.2 Å². The van der Waals surface area contributed by atoms with Crippen LogP contribution in [-0.4, -0.2) is 42.5 Å². The van der Waals surface area contributed by atoms with Crippen molar-refractivity contribution in [3.8, 4) is 0 Å². The lowest BCUT2D eigenvalue weighted by Crippen LogP contribution is -2.17. The van der Waals surface area contributed by atoms with Crippen LogP contribution in [0.25, 0.3) is 0 Å². The number of benzene rings is 1. The van der Waals surface area contributed by atoms with E-state index in [1.54, 1.807) is 11.6 Å². The first-order valence-electron chi connectivity index (χ1n) is 9.49. The molecule has 1 fully saturated rings. The normalized spacial score (nSPS) is 13.3. The van der Waals surface area contributed by atoms with Gasteiger partial charge in [-0.3, -0.25) is 14.9 Å². The second-order valence-electron chi connectivity index (χ2n) is 7.05. The van der Waals surface area contributed by atoms with Crippen LogP contribution in [0.2, 0.25) is 0 Å². The zero-order valence-corrected chi connectivity index (χ0v) is 18.2. The molecule has 2 heterocycles. The fraction of sp³-hybridized carbons (Fsp3) is 0.368. The minimum Gasteiger partial charge on any atom is -0.325 e.